The van der Waals surface area contributed by atoms with Crippen molar-refractivity contribution in [1.29, 1.82) is 0 Å². The second-order valence-electron chi connectivity index (χ2n) is 6.33. The maximum Gasteiger partial charge on any atom is 0.262 e. The lowest BCUT2D eigenvalue weighted by atomic mass is 10.1. The Morgan fingerprint density at radius 2 is 1.67 bits per heavy atom. The number of fused-ring (bicyclic) bond motifs is 1. The van der Waals surface area contributed by atoms with Gasteiger partial charge in [-0.2, -0.15) is 0 Å². The van der Waals surface area contributed by atoms with Gasteiger partial charge in [0.05, 0.1) is 24.3 Å². The number of carbonyl (C=O) groups is 3. The van der Waals surface area contributed by atoms with Gasteiger partial charge in [0.2, 0.25) is 5.91 Å². The zero-order chi connectivity index (χ0) is 19.7. The molecule has 0 aromatic heterocycles. The number of benzene rings is 2. The number of hydrogen-bond donors (Lipinski definition) is 1. The summed E-state index contributed by atoms with van der Waals surface area (Å²) < 4.78 is 18.7. The number of rotatable bonds is 5. The minimum atomic E-state index is -0.997. The van der Waals surface area contributed by atoms with Crippen LogP contribution in [0.1, 0.15) is 46.2 Å². The number of amides is 3. The third kappa shape index (κ3) is 3.28. The fraction of sp³-hybridized carbons (Fsp3) is 0.250. The highest BCUT2D eigenvalue weighted by Gasteiger charge is 2.40. The van der Waals surface area contributed by atoms with Crippen molar-refractivity contribution >= 4 is 17.7 Å². The molecule has 3 rings (SSSR count). The van der Waals surface area contributed by atoms with E-state index in [1.54, 1.807) is 37.3 Å². The first-order valence-corrected chi connectivity index (χ1v) is 8.46. The normalized spacial score (nSPS) is 15.3. The summed E-state index contributed by atoms with van der Waals surface area (Å²) in [7, 11) is 1.37. The predicted molar refractivity (Wildman–Crippen MR) is 95.9 cm³/mol. The number of halogens is 1. The van der Waals surface area contributed by atoms with Crippen molar-refractivity contribution in [1.82, 2.24) is 10.2 Å². The molecule has 3 amide bonds. The summed E-state index contributed by atoms with van der Waals surface area (Å²) in [5.41, 5.74) is 1.11. The molecule has 0 spiro atoms. The predicted octanol–water partition coefficient (Wildman–Crippen LogP) is 2.70. The van der Waals surface area contributed by atoms with E-state index >= 15 is 0 Å². The van der Waals surface area contributed by atoms with Gasteiger partial charge in [0.25, 0.3) is 11.8 Å². The highest BCUT2D eigenvalue weighted by atomic mass is 19.1. The van der Waals surface area contributed by atoms with E-state index in [2.05, 4.69) is 5.32 Å². The van der Waals surface area contributed by atoms with Crippen molar-refractivity contribution in [2.24, 2.45) is 0 Å². The van der Waals surface area contributed by atoms with Crippen molar-refractivity contribution in [2.45, 2.75) is 25.9 Å². The average Bonchev–Trinajstić information content (AvgIpc) is 2.92. The van der Waals surface area contributed by atoms with Crippen molar-refractivity contribution in [3.8, 4) is 5.75 Å². The Bertz CT molecular complexity index is 893. The molecule has 1 aliphatic heterocycles. The molecule has 1 N–H and O–H groups in total. The van der Waals surface area contributed by atoms with Gasteiger partial charge in [0.1, 0.15) is 6.04 Å². The highest BCUT2D eigenvalue weighted by Crippen LogP contribution is 2.25. The van der Waals surface area contributed by atoms with Crippen LogP contribution in [-0.2, 0) is 4.79 Å². The smallest absolute Gasteiger partial charge is 0.262 e. The van der Waals surface area contributed by atoms with E-state index < -0.39 is 35.6 Å². The molecule has 0 fully saturated rings. The molecule has 2 aromatic rings. The van der Waals surface area contributed by atoms with E-state index in [0.717, 1.165) is 4.90 Å². The van der Waals surface area contributed by atoms with Gasteiger partial charge in [-0.05, 0) is 43.7 Å². The van der Waals surface area contributed by atoms with Crippen LogP contribution < -0.4 is 10.1 Å². The first kappa shape index (κ1) is 18.6. The lowest BCUT2D eigenvalue weighted by Gasteiger charge is -2.24. The van der Waals surface area contributed by atoms with Gasteiger partial charge in [-0.15, -0.1) is 0 Å². The Hall–Kier alpha value is -3.22. The Balaban J connectivity index is 1.74. The van der Waals surface area contributed by atoms with Crippen LogP contribution in [0.25, 0.3) is 0 Å². The first-order chi connectivity index (χ1) is 12.8. The average molecular weight is 370 g/mol. The molecule has 7 heteroatoms. The number of ether oxygens (including phenoxy) is 1. The summed E-state index contributed by atoms with van der Waals surface area (Å²) >= 11 is 0. The molecular weight excluding hydrogens is 351 g/mol. The molecule has 1 aliphatic rings. The molecule has 2 atom stereocenters. The van der Waals surface area contributed by atoms with E-state index in [-0.39, 0.29) is 16.9 Å². The van der Waals surface area contributed by atoms with Gasteiger partial charge in [-0.3, -0.25) is 19.3 Å². The van der Waals surface area contributed by atoms with Crippen LogP contribution in [0.2, 0.25) is 0 Å². The zero-order valence-corrected chi connectivity index (χ0v) is 15.2. The summed E-state index contributed by atoms with van der Waals surface area (Å²) in [4.78, 5) is 38.5. The molecule has 0 saturated heterocycles. The monoisotopic (exact) mass is 370 g/mol. The maximum atomic E-state index is 13.9. The Morgan fingerprint density at radius 1 is 1.07 bits per heavy atom. The summed E-state index contributed by atoms with van der Waals surface area (Å²) in [5.74, 6) is -1.93. The van der Waals surface area contributed by atoms with E-state index in [9.17, 15) is 18.8 Å². The third-order valence-corrected chi connectivity index (χ3v) is 4.63. The minimum absolute atomic E-state index is 0.108. The fourth-order valence-electron chi connectivity index (χ4n) is 3.05. The number of nitrogens with one attached hydrogen (secondary N) is 1. The fourth-order valence-corrected chi connectivity index (χ4v) is 3.05. The van der Waals surface area contributed by atoms with Gasteiger partial charge in [0.15, 0.2) is 11.6 Å². The van der Waals surface area contributed by atoms with Gasteiger partial charge in [0, 0.05) is 0 Å². The summed E-state index contributed by atoms with van der Waals surface area (Å²) in [6.45, 7) is 3.17. The molecule has 0 radical (unpaired) electrons. The van der Waals surface area contributed by atoms with E-state index in [1.165, 1.54) is 26.2 Å². The first-order valence-electron chi connectivity index (χ1n) is 8.46. The minimum Gasteiger partial charge on any atom is -0.494 e. The topological polar surface area (TPSA) is 75.7 Å². The molecule has 0 unspecified atom stereocenters. The van der Waals surface area contributed by atoms with Crippen LogP contribution in [0.5, 0.6) is 5.75 Å². The van der Waals surface area contributed by atoms with Crippen molar-refractivity contribution in [3.05, 3.63) is 65.0 Å². The molecule has 27 heavy (non-hydrogen) atoms. The van der Waals surface area contributed by atoms with Gasteiger partial charge < -0.3 is 10.1 Å². The Morgan fingerprint density at radius 3 is 2.19 bits per heavy atom. The number of imide groups is 1. The number of methoxy groups -OCH3 is 1. The third-order valence-electron chi connectivity index (χ3n) is 4.63. The largest absolute Gasteiger partial charge is 0.494 e. The zero-order valence-electron chi connectivity index (χ0n) is 15.2. The van der Waals surface area contributed by atoms with Gasteiger partial charge in [-0.1, -0.05) is 18.2 Å². The van der Waals surface area contributed by atoms with Crippen LogP contribution >= 0.6 is 0 Å². The van der Waals surface area contributed by atoms with Gasteiger partial charge >= 0.3 is 0 Å². The molecule has 6 nitrogen and oxygen atoms in total. The molecule has 0 aliphatic carbocycles. The SMILES string of the molecule is COc1ccc([C@H](C)NC(=O)[C@H](C)N2C(=O)c3ccccc3C2=O)cc1F. The Kier molecular flexibility index (Phi) is 4.94. The van der Waals surface area contributed by atoms with Crippen LogP contribution in [-0.4, -0.2) is 35.8 Å². The molecule has 0 bridgehead atoms. The lowest BCUT2D eigenvalue weighted by molar-refractivity contribution is -0.125. The molecular formula is C20H19FN2O4. The lowest BCUT2D eigenvalue weighted by Crippen LogP contribution is -2.48. The number of hydrogen-bond acceptors (Lipinski definition) is 4. The highest BCUT2D eigenvalue weighted by molar-refractivity contribution is 6.22. The van der Waals surface area contributed by atoms with Crippen LogP contribution in [0.3, 0.4) is 0 Å². The van der Waals surface area contributed by atoms with Crippen LogP contribution in [0.15, 0.2) is 42.5 Å². The van der Waals surface area contributed by atoms with Crippen molar-refractivity contribution in [2.75, 3.05) is 7.11 Å². The van der Waals surface area contributed by atoms with Gasteiger partial charge in [-0.25, -0.2) is 4.39 Å². The van der Waals surface area contributed by atoms with E-state index in [4.69, 9.17) is 4.74 Å². The summed E-state index contributed by atoms with van der Waals surface area (Å²) in [6.07, 6.45) is 0. The van der Waals surface area contributed by atoms with E-state index in [1.807, 2.05) is 0 Å². The standard InChI is InChI=1S/C20H19FN2O4/c1-11(13-8-9-17(27-3)16(21)10-13)22-18(24)12(2)23-19(25)14-6-4-5-7-15(14)20(23)26/h4-12H,1-3H3,(H,22,24)/t11-,12-/m0/s1. The Labute approximate surface area is 155 Å². The second kappa shape index (κ2) is 7.19. The molecule has 140 valence electrons. The summed E-state index contributed by atoms with van der Waals surface area (Å²) in [5, 5.41) is 2.71. The summed E-state index contributed by atoms with van der Waals surface area (Å²) in [6, 6.07) is 9.32. The maximum absolute atomic E-state index is 13.9. The molecule has 0 saturated carbocycles. The van der Waals surface area contributed by atoms with Crippen molar-refractivity contribution in [3.63, 3.8) is 0 Å². The molecule has 2 aromatic carbocycles. The molecule has 1 heterocycles. The second-order valence-corrected chi connectivity index (χ2v) is 6.33. The number of carbonyl (C=O) groups excluding carboxylic acids is 3. The quantitative estimate of drug-likeness (QED) is 0.821. The van der Waals surface area contributed by atoms with Crippen LogP contribution in [0, 0.1) is 5.82 Å². The van der Waals surface area contributed by atoms with Crippen LogP contribution in [0.4, 0.5) is 4.39 Å². The number of nitrogens with zero attached hydrogens (tertiary/aromatic N) is 1. The van der Waals surface area contributed by atoms with Crippen molar-refractivity contribution < 1.29 is 23.5 Å². The van der Waals surface area contributed by atoms with E-state index in [0.29, 0.717) is 5.56 Å².